The van der Waals surface area contributed by atoms with E-state index in [1.807, 2.05) is 22.7 Å². The molecule has 2 unspecified atom stereocenters. The molecule has 14 rings (SSSR count). The van der Waals surface area contributed by atoms with Gasteiger partial charge in [-0.25, -0.2) is 0 Å². The summed E-state index contributed by atoms with van der Waals surface area (Å²) in [6.07, 6.45) is 9.44. The number of hydrogen-bond acceptors (Lipinski definition) is 2. The Morgan fingerprint density at radius 1 is 0.288 bits per heavy atom. The van der Waals surface area contributed by atoms with Gasteiger partial charge in [0.25, 0.3) is 0 Å². The summed E-state index contributed by atoms with van der Waals surface area (Å²) < 4.78 is 5.33. The molecule has 0 amide bonds. The van der Waals surface area contributed by atoms with Gasteiger partial charge < -0.3 is 0 Å². The molecule has 0 bridgehead atoms. The van der Waals surface area contributed by atoms with Crippen LogP contribution in [0.2, 0.25) is 0 Å². The lowest BCUT2D eigenvalue weighted by Gasteiger charge is -2.33. The maximum Gasteiger partial charge on any atom is 0.0431 e. The molecule has 0 radical (unpaired) electrons. The Kier molecular flexibility index (Phi) is 8.56. The van der Waals surface area contributed by atoms with Crippen LogP contribution in [0.1, 0.15) is 11.1 Å². The number of thiophene rings is 2. The van der Waals surface area contributed by atoms with Crippen molar-refractivity contribution in [1.82, 2.24) is 0 Å². The second-order valence-corrected chi connectivity index (χ2v) is 19.9. The van der Waals surface area contributed by atoms with Crippen LogP contribution < -0.4 is 10.4 Å². The molecular formula is C64H40S2. The monoisotopic (exact) mass is 872 g/mol. The Bertz CT molecular complexity index is 4110. The molecule has 0 spiro atoms. The van der Waals surface area contributed by atoms with E-state index in [2.05, 4.69) is 231 Å². The minimum atomic E-state index is 0.187. The third-order valence-corrected chi connectivity index (χ3v) is 16.6. The van der Waals surface area contributed by atoms with E-state index in [0.717, 1.165) is 0 Å². The average Bonchev–Trinajstić information content (AvgIpc) is 3.95. The third kappa shape index (κ3) is 5.75. The summed E-state index contributed by atoms with van der Waals surface area (Å²) in [5.41, 5.74) is 13.1. The van der Waals surface area contributed by atoms with Crippen LogP contribution in [0.15, 0.2) is 231 Å². The van der Waals surface area contributed by atoms with Crippen molar-refractivity contribution in [2.24, 2.45) is 11.8 Å². The van der Waals surface area contributed by atoms with Crippen molar-refractivity contribution in [3.8, 4) is 33.4 Å². The molecule has 2 aliphatic carbocycles. The first-order chi connectivity index (χ1) is 32.7. The van der Waals surface area contributed by atoms with Crippen molar-refractivity contribution in [3.63, 3.8) is 0 Å². The van der Waals surface area contributed by atoms with Crippen LogP contribution in [-0.4, -0.2) is 0 Å². The lowest BCUT2D eigenvalue weighted by molar-refractivity contribution is 0.687. The van der Waals surface area contributed by atoms with Crippen LogP contribution in [0.25, 0.3) is 106 Å². The second-order valence-electron chi connectivity index (χ2n) is 17.8. The topological polar surface area (TPSA) is 0 Å². The maximum atomic E-state index is 2.48. The van der Waals surface area contributed by atoms with Gasteiger partial charge >= 0.3 is 0 Å². The molecule has 0 saturated carbocycles. The summed E-state index contributed by atoms with van der Waals surface area (Å²) in [4.78, 5) is 0. The molecule has 2 aliphatic rings. The van der Waals surface area contributed by atoms with Crippen molar-refractivity contribution >= 4 is 95.7 Å². The van der Waals surface area contributed by atoms with E-state index in [1.165, 1.54) is 128 Å². The Hall–Kier alpha value is -7.62. The zero-order chi connectivity index (χ0) is 43.3. The van der Waals surface area contributed by atoms with Crippen molar-refractivity contribution in [3.05, 3.63) is 252 Å². The molecule has 66 heavy (non-hydrogen) atoms. The van der Waals surface area contributed by atoms with Crippen molar-refractivity contribution in [2.45, 2.75) is 0 Å². The van der Waals surface area contributed by atoms with Gasteiger partial charge in [-0.2, -0.15) is 0 Å². The predicted octanol–water partition coefficient (Wildman–Crippen LogP) is 16.5. The zero-order valence-electron chi connectivity index (χ0n) is 35.9. The Morgan fingerprint density at radius 2 is 0.803 bits per heavy atom. The van der Waals surface area contributed by atoms with Gasteiger partial charge in [0.1, 0.15) is 0 Å². The zero-order valence-corrected chi connectivity index (χ0v) is 37.5. The normalized spacial score (nSPS) is 15.7. The maximum absolute atomic E-state index is 2.48. The SMILES string of the molecule is C1=CC2C(c3ccc4sc5ccc(-c6ccccc6)cc5c4c3)=c3ccccc3=C(c3cccc4c3sc3cc(-c5c6ccccc6c(-c6ccccc6)c6ccccc56)ccc34)C2C=C1. The molecule has 0 N–H and O–H groups in total. The smallest absolute Gasteiger partial charge is 0.0431 e. The van der Waals surface area contributed by atoms with Gasteiger partial charge in [0.15, 0.2) is 0 Å². The molecular weight excluding hydrogens is 833 g/mol. The van der Waals surface area contributed by atoms with Crippen LogP contribution in [0.5, 0.6) is 0 Å². The van der Waals surface area contributed by atoms with E-state index in [0.29, 0.717) is 0 Å². The minimum Gasteiger partial charge on any atom is -0.135 e. The van der Waals surface area contributed by atoms with Gasteiger partial charge in [-0.3, -0.25) is 0 Å². The summed E-state index contributed by atoms with van der Waals surface area (Å²) in [6, 6.07) is 77.2. The fourth-order valence-electron chi connectivity index (χ4n) is 11.4. The van der Waals surface area contributed by atoms with E-state index in [1.54, 1.807) is 0 Å². The Balaban J connectivity index is 0.970. The standard InChI is InChI=1S/C64H40S2/c1-3-16-39(17-4-1)41-31-34-57-55(36-41)56-37-42(32-35-58(56)65-57)61-49-24-11-13-26-51(49)63(52-27-14-12-25-50(52)61)54-29-15-28-53-44-33-30-43(38-59(44)66-64(53)54)62-47-22-9-7-20-45(47)60(40-18-5-2-6-19-40)46-21-8-10-23-48(46)62/h1-38,49,51H. The van der Waals surface area contributed by atoms with E-state index in [4.69, 9.17) is 0 Å². The van der Waals surface area contributed by atoms with Gasteiger partial charge in [0.2, 0.25) is 0 Å². The fourth-order valence-corrected chi connectivity index (χ4v) is 13.8. The van der Waals surface area contributed by atoms with Gasteiger partial charge in [-0.15, -0.1) is 22.7 Å². The van der Waals surface area contributed by atoms with Crippen LogP contribution in [0.3, 0.4) is 0 Å². The average molecular weight is 873 g/mol. The molecule has 0 fully saturated rings. The van der Waals surface area contributed by atoms with Crippen LogP contribution in [0.4, 0.5) is 0 Å². The number of rotatable bonds is 5. The second kappa shape index (κ2) is 15.0. The lowest BCUT2D eigenvalue weighted by atomic mass is 9.70. The highest BCUT2D eigenvalue weighted by molar-refractivity contribution is 7.26. The molecule has 2 aromatic heterocycles. The van der Waals surface area contributed by atoms with Gasteiger partial charge in [-0.1, -0.05) is 200 Å². The van der Waals surface area contributed by atoms with E-state index in [9.17, 15) is 0 Å². The summed E-state index contributed by atoms with van der Waals surface area (Å²) in [6.45, 7) is 0. The molecule has 0 saturated heterocycles. The van der Waals surface area contributed by atoms with Crippen molar-refractivity contribution in [2.75, 3.05) is 0 Å². The van der Waals surface area contributed by atoms with Crippen LogP contribution in [-0.2, 0) is 0 Å². The summed E-state index contributed by atoms with van der Waals surface area (Å²) >= 11 is 3.84. The number of benzene rings is 10. The van der Waals surface area contributed by atoms with E-state index in [-0.39, 0.29) is 11.8 Å². The summed E-state index contributed by atoms with van der Waals surface area (Å²) in [5, 5.41) is 13.1. The van der Waals surface area contributed by atoms with Gasteiger partial charge in [-0.05, 0) is 118 Å². The highest BCUT2D eigenvalue weighted by atomic mass is 32.1. The minimum absolute atomic E-state index is 0.187. The molecule has 2 heterocycles. The van der Waals surface area contributed by atoms with Gasteiger partial charge in [0, 0.05) is 52.2 Å². The summed E-state index contributed by atoms with van der Waals surface area (Å²) in [7, 11) is 0. The molecule has 2 heteroatoms. The highest BCUT2D eigenvalue weighted by Gasteiger charge is 2.33. The largest absolute Gasteiger partial charge is 0.135 e. The predicted molar refractivity (Wildman–Crippen MR) is 286 cm³/mol. The first kappa shape index (κ1) is 37.7. The van der Waals surface area contributed by atoms with E-state index >= 15 is 0 Å². The molecule has 12 aromatic rings. The molecule has 0 nitrogen and oxygen atoms in total. The number of allylic oxidation sites excluding steroid dienone is 4. The molecule has 2 atom stereocenters. The summed E-state index contributed by atoms with van der Waals surface area (Å²) in [5.74, 6) is 0.380. The first-order valence-electron chi connectivity index (χ1n) is 22.9. The first-order valence-corrected chi connectivity index (χ1v) is 24.5. The lowest BCUT2D eigenvalue weighted by Crippen LogP contribution is -2.40. The molecule has 0 aliphatic heterocycles. The third-order valence-electron chi connectivity index (χ3n) is 14.3. The highest BCUT2D eigenvalue weighted by Crippen LogP contribution is 2.48. The molecule has 10 aromatic carbocycles. The quantitative estimate of drug-likeness (QED) is 0.151. The number of hydrogen-bond donors (Lipinski definition) is 0. The van der Waals surface area contributed by atoms with Crippen molar-refractivity contribution < 1.29 is 0 Å². The van der Waals surface area contributed by atoms with Crippen LogP contribution in [0, 0.1) is 11.8 Å². The molecule has 308 valence electrons. The van der Waals surface area contributed by atoms with Gasteiger partial charge in [0.05, 0.1) is 0 Å². The number of fused-ring (bicyclic) bond motifs is 10. The fraction of sp³-hybridized carbons (Fsp3) is 0.0312. The Labute approximate surface area is 390 Å². The van der Waals surface area contributed by atoms with Crippen LogP contribution >= 0.6 is 22.7 Å². The van der Waals surface area contributed by atoms with E-state index < -0.39 is 0 Å². The Morgan fingerprint density at radius 3 is 1.47 bits per heavy atom. The van der Waals surface area contributed by atoms with Crippen molar-refractivity contribution in [1.29, 1.82) is 0 Å².